The van der Waals surface area contributed by atoms with Gasteiger partial charge in [0.05, 0.1) is 11.9 Å². The van der Waals surface area contributed by atoms with Crippen molar-refractivity contribution in [2.24, 2.45) is 5.73 Å². The van der Waals surface area contributed by atoms with Crippen molar-refractivity contribution in [3.05, 3.63) is 40.2 Å². The highest BCUT2D eigenvalue weighted by atomic mass is 79.9. The Bertz CT molecular complexity index is 481. The molecule has 78 valence electrons. The van der Waals surface area contributed by atoms with E-state index in [1.54, 1.807) is 18.3 Å². The Hall–Kier alpha value is -1.20. The van der Waals surface area contributed by atoms with Gasteiger partial charge in [0.2, 0.25) is 0 Å². The maximum Gasteiger partial charge on any atom is 0.132 e. The summed E-state index contributed by atoms with van der Waals surface area (Å²) < 4.78 is 14.4. The van der Waals surface area contributed by atoms with Crippen LogP contribution in [-0.2, 0) is 6.54 Å². The summed E-state index contributed by atoms with van der Waals surface area (Å²) in [5.41, 5.74) is 7.43. The van der Waals surface area contributed by atoms with Gasteiger partial charge < -0.3 is 5.73 Å². The molecule has 0 spiro atoms. The van der Waals surface area contributed by atoms with Gasteiger partial charge in [0, 0.05) is 22.1 Å². The number of hydrogen-bond donors (Lipinski definition) is 2. The molecule has 2 aromatic rings. The Kier molecular flexibility index (Phi) is 2.83. The summed E-state index contributed by atoms with van der Waals surface area (Å²) in [6, 6.07) is 4.75. The lowest BCUT2D eigenvalue weighted by molar-refractivity contribution is 0.630. The quantitative estimate of drug-likeness (QED) is 0.880. The predicted molar refractivity (Wildman–Crippen MR) is 59.6 cm³/mol. The molecule has 0 saturated carbocycles. The maximum absolute atomic E-state index is 13.5. The van der Waals surface area contributed by atoms with Crippen molar-refractivity contribution in [3.8, 4) is 11.3 Å². The third-order valence-corrected chi connectivity index (χ3v) is 2.63. The molecule has 0 atom stereocenters. The molecule has 0 unspecified atom stereocenters. The SMILES string of the molecule is NCc1cn[nH]c1-c1cc(Br)ccc1F. The van der Waals surface area contributed by atoms with Crippen LogP contribution in [0.1, 0.15) is 5.56 Å². The largest absolute Gasteiger partial charge is 0.326 e. The van der Waals surface area contributed by atoms with Crippen LogP contribution in [0.3, 0.4) is 0 Å². The molecule has 1 heterocycles. The summed E-state index contributed by atoms with van der Waals surface area (Å²) in [5, 5.41) is 6.60. The topological polar surface area (TPSA) is 54.7 Å². The summed E-state index contributed by atoms with van der Waals surface area (Å²) in [7, 11) is 0. The van der Waals surface area contributed by atoms with E-state index in [0.29, 0.717) is 17.8 Å². The van der Waals surface area contributed by atoms with Crippen molar-refractivity contribution < 1.29 is 4.39 Å². The number of H-pyrrole nitrogens is 1. The molecular formula is C10H9BrFN3. The number of aromatic amines is 1. The summed E-state index contributed by atoms with van der Waals surface area (Å²) in [5.74, 6) is -0.294. The van der Waals surface area contributed by atoms with Gasteiger partial charge in [0.15, 0.2) is 0 Å². The van der Waals surface area contributed by atoms with E-state index in [9.17, 15) is 4.39 Å². The molecule has 0 aliphatic heterocycles. The predicted octanol–water partition coefficient (Wildman–Crippen LogP) is 2.44. The number of halogens is 2. The third-order valence-electron chi connectivity index (χ3n) is 2.14. The fourth-order valence-electron chi connectivity index (χ4n) is 1.39. The number of rotatable bonds is 2. The fraction of sp³-hybridized carbons (Fsp3) is 0.100. The molecule has 0 amide bonds. The first-order valence-electron chi connectivity index (χ1n) is 4.40. The van der Waals surface area contributed by atoms with Gasteiger partial charge in [-0.05, 0) is 18.2 Å². The van der Waals surface area contributed by atoms with E-state index in [2.05, 4.69) is 26.1 Å². The minimum absolute atomic E-state index is 0.294. The smallest absolute Gasteiger partial charge is 0.132 e. The van der Waals surface area contributed by atoms with Crippen LogP contribution >= 0.6 is 15.9 Å². The number of benzene rings is 1. The van der Waals surface area contributed by atoms with Gasteiger partial charge in [-0.2, -0.15) is 5.10 Å². The summed E-state index contributed by atoms with van der Waals surface area (Å²) >= 11 is 3.30. The molecule has 2 rings (SSSR count). The van der Waals surface area contributed by atoms with E-state index in [1.807, 2.05) is 0 Å². The third kappa shape index (κ3) is 1.93. The average Bonchev–Trinajstić information content (AvgIpc) is 2.69. The Morgan fingerprint density at radius 2 is 2.27 bits per heavy atom. The maximum atomic E-state index is 13.5. The monoisotopic (exact) mass is 269 g/mol. The Morgan fingerprint density at radius 1 is 1.47 bits per heavy atom. The van der Waals surface area contributed by atoms with Crippen LogP contribution in [-0.4, -0.2) is 10.2 Å². The standard InChI is InChI=1S/C10H9BrFN3/c11-7-1-2-9(12)8(3-7)10-6(4-13)5-14-15-10/h1-3,5H,4,13H2,(H,14,15). The van der Waals surface area contributed by atoms with E-state index in [1.165, 1.54) is 6.07 Å². The van der Waals surface area contributed by atoms with Crippen molar-refractivity contribution >= 4 is 15.9 Å². The minimum Gasteiger partial charge on any atom is -0.326 e. The van der Waals surface area contributed by atoms with Gasteiger partial charge in [-0.3, -0.25) is 5.10 Å². The first-order valence-corrected chi connectivity index (χ1v) is 5.19. The molecule has 0 radical (unpaired) electrons. The van der Waals surface area contributed by atoms with Crippen LogP contribution < -0.4 is 5.73 Å². The van der Waals surface area contributed by atoms with E-state index in [0.717, 1.165) is 10.0 Å². The van der Waals surface area contributed by atoms with E-state index >= 15 is 0 Å². The van der Waals surface area contributed by atoms with Crippen molar-refractivity contribution in [1.82, 2.24) is 10.2 Å². The van der Waals surface area contributed by atoms with Gasteiger partial charge in [0.1, 0.15) is 5.82 Å². The zero-order valence-electron chi connectivity index (χ0n) is 7.80. The zero-order valence-corrected chi connectivity index (χ0v) is 9.38. The number of nitrogens with zero attached hydrogens (tertiary/aromatic N) is 1. The lowest BCUT2D eigenvalue weighted by Crippen LogP contribution is -1.97. The summed E-state index contributed by atoms with van der Waals surface area (Å²) in [6.45, 7) is 0.331. The van der Waals surface area contributed by atoms with Crippen LogP contribution in [0.25, 0.3) is 11.3 Å². The number of hydrogen-bond acceptors (Lipinski definition) is 2. The van der Waals surface area contributed by atoms with Crippen molar-refractivity contribution in [2.45, 2.75) is 6.54 Å². The number of nitrogens with two attached hydrogens (primary N) is 1. The summed E-state index contributed by atoms with van der Waals surface area (Å²) in [4.78, 5) is 0. The molecule has 3 N–H and O–H groups in total. The Morgan fingerprint density at radius 3 is 3.00 bits per heavy atom. The molecule has 3 nitrogen and oxygen atoms in total. The molecule has 15 heavy (non-hydrogen) atoms. The van der Waals surface area contributed by atoms with Gasteiger partial charge in [0.25, 0.3) is 0 Å². The minimum atomic E-state index is -0.294. The van der Waals surface area contributed by atoms with Crippen LogP contribution in [0.15, 0.2) is 28.9 Å². The van der Waals surface area contributed by atoms with Crippen LogP contribution in [0.5, 0.6) is 0 Å². The second-order valence-electron chi connectivity index (χ2n) is 3.10. The molecule has 0 saturated heterocycles. The molecule has 0 aliphatic carbocycles. The number of nitrogens with one attached hydrogen (secondary N) is 1. The first-order chi connectivity index (χ1) is 7.22. The van der Waals surface area contributed by atoms with E-state index < -0.39 is 0 Å². The van der Waals surface area contributed by atoms with Crippen LogP contribution in [0.4, 0.5) is 4.39 Å². The molecule has 1 aromatic carbocycles. The average molecular weight is 270 g/mol. The zero-order chi connectivity index (χ0) is 10.8. The van der Waals surface area contributed by atoms with E-state index in [-0.39, 0.29) is 5.82 Å². The van der Waals surface area contributed by atoms with Crippen LogP contribution in [0, 0.1) is 5.82 Å². The highest BCUT2D eigenvalue weighted by Gasteiger charge is 2.11. The molecular weight excluding hydrogens is 261 g/mol. The van der Waals surface area contributed by atoms with Crippen molar-refractivity contribution in [2.75, 3.05) is 0 Å². The normalized spacial score (nSPS) is 10.6. The van der Waals surface area contributed by atoms with Crippen molar-refractivity contribution in [1.29, 1.82) is 0 Å². The molecule has 0 bridgehead atoms. The molecule has 5 heteroatoms. The van der Waals surface area contributed by atoms with Gasteiger partial charge in [-0.15, -0.1) is 0 Å². The first kappa shape index (κ1) is 10.3. The second kappa shape index (κ2) is 4.12. The van der Waals surface area contributed by atoms with Gasteiger partial charge in [-0.25, -0.2) is 4.39 Å². The lowest BCUT2D eigenvalue weighted by Gasteiger charge is -2.03. The molecule has 1 aromatic heterocycles. The van der Waals surface area contributed by atoms with Crippen molar-refractivity contribution in [3.63, 3.8) is 0 Å². The second-order valence-corrected chi connectivity index (χ2v) is 4.01. The summed E-state index contributed by atoms with van der Waals surface area (Å²) in [6.07, 6.45) is 1.61. The lowest BCUT2D eigenvalue weighted by atomic mass is 10.1. The van der Waals surface area contributed by atoms with E-state index in [4.69, 9.17) is 5.73 Å². The Labute approximate surface area is 94.6 Å². The highest BCUT2D eigenvalue weighted by molar-refractivity contribution is 9.10. The fourth-order valence-corrected chi connectivity index (χ4v) is 1.75. The van der Waals surface area contributed by atoms with Gasteiger partial charge >= 0.3 is 0 Å². The molecule has 0 aliphatic rings. The number of aromatic nitrogens is 2. The van der Waals surface area contributed by atoms with Gasteiger partial charge in [-0.1, -0.05) is 15.9 Å². The Balaban J connectivity index is 2.58. The van der Waals surface area contributed by atoms with Crippen LogP contribution in [0.2, 0.25) is 0 Å². The highest BCUT2D eigenvalue weighted by Crippen LogP contribution is 2.26. The molecule has 0 fully saturated rings.